The van der Waals surface area contributed by atoms with E-state index < -0.39 is 0 Å². The first-order chi connectivity index (χ1) is 12.0. The zero-order valence-corrected chi connectivity index (χ0v) is 14.7. The Bertz CT molecular complexity index is 706. The average molecular weight is 345 g/mol. The zero-order chi connectivity index (χ0) is 17.8. The van der Waals surface area contributed by atoms with Gasteiger partial charge in [-0.1, -0.05) is 0 Å². The molecule has 0 spiro atoms. The molecule has 1 saturated heterocycles. The molecule has 0 bridgehead atoms. The molecule has 2 heterocycles. The van der Waals surface area contributed by atoms with Crippen LogP contribution >= 0.6 is 0 Å². The highest BCUT2D eigenvalue weighted by atomic mass is 19.1. The lowest BCUT2D eigenvalue weighted by atomic mass is 10.1. The highest BCUT2D eigenvalue weighted by molar-refractivity contribution is 5.94. The molecular weight excluding hydrogens is 321 g/mol. The van der Waals surface area contributed by atoms with Crippen molar-refractivity contribution in [2.75, 3.05) is 39.8 Å². The Morgan fingerprint density at radius 1 is 1.16 bits per heavy atom. The minimum atomic E-state index is -0.349. The van der Waals surface area contributed by atoms with Crippen molar-refractivity contribution in [1.29, 1.82) is 0 Å². The molecule has 3 rings (SSSR count). The number of amides is 1. The molecule has 0 unspecified atom stereocenters. The van der Waals surface area contributed by atoms with E-state index in [-0.39, 0.29) is 17.8 Å². The van der Waals surface area contributed by atoms with E-state index in [0.29, 0.717) is 12.1 Å². The van der Waals surface area contributed by atoms with Crippen molar-refractivity contribution >= 4 is 5.91 Å². The topological polar surface area (TPSA) is 48.7 Å². The third-order valence-electron chi connectivity index (χ3n) is 4.63. The number of hydrogen-bond acceptors (Lipinski definition) is 4. The van der Waals surface area contributed by atoms with E-state index in [0.717, 1.165) is 37.7 Å². The minimum Gasteiger partial charge on any atom is -0.465 e. The number of hydrogen-bond donors (Lipinski definition) is 1. The second-order valence-electron chi connectivity index (χ2n) is 6.52. The maximum absolute atomic E-state index is 13.0. The number of aryl methyl sites for hydroxylation is 1. The van der Waals surface area contributed by atoms with Gasteiger partial charge in [0.05, 0.1) is 6.04 Å². The number of furan rings is 1. The molecule has 1 fully saturated rings. The SMILES string of the molecule is Cc1ccc([C@H](CNC(=O)c2ccc(F)cc2)N2CCN(C)CC2)o1. The molecule has 0 saturated carbocycles. The number of halogens is 1. The lowest BCUT2D eigenvalue weighted by molar-refractivity contribution is 0.0849. The molecule has 0 aliphatic carbocycles. The second-order valence-corrected chi connectivity index (χ2v) is 6.52. The Kier molecular flexibility index (Phi) is 5.50. The molecule has 6 heteroatoms. The van der Waals surface area contributed by atoms with Gasteiger partial charge in [0.25, 0.3) is 5.91 Å². The first kappa shape index (κ1) is 17.6. The Hall–Kier alpha value is -2.18. The summed E-state index contributed by atoms with van der Waals surface area (Å²) in [5, 5.41) is 2.96. The molecule has 2 aromatic rings. The van der Waals surface area contributed by atoms with Crippen LogP contribution in [0, 0.1) is 12.7 Å². The molecule has 0 radical (unpaired) electrons. The molecule has 1 N–H and O–H groups in total. The van der Waals surface area contributed by atoms with E-state index in [4.69, 9.17) is 4.42 Å². The van der Waals surface area contributed by atoms with Gasteiger partial charge in [-0.25, -0.2) is 4.39 Å². The van der Waals surface area contributed by atoms with Crippen LogP contribution in [0.5, 0.6) is 0 Å². The number of rotatable bonds is 5. The summed E-state index contributed by atoms with van der Waals surface area (Å²) in [5.74, 6) is 1.17. The van der Waals surface area contributed by atoms with Crippen molar-refractivity contribution in [1.82, 2.24) is 15.1 Å². The summed E-state index contributed by atoms with van der Waals surface area (Å²) in [5.41, 5.74) is 0.453. The summed E-state index contributed by atoms with van der Waals surface area (Å²) >= 11 is 0. The third-order valence-corrected chi connectivity index (χ3v) is 4.63. The van der Waals surface area contributed by atoms with Crippen molar-refractivity contribution in [3.05, 3.63) is 59.3 Å². The molecule has 1 atom stereocenters. The first-order valence-electron chi connectivity index (χ1n) is 8.55. The Morgan fingerprint density at radius 2 is 1.84 bits per heavy atom. The van der Waals surface area contributed by atoms with Gasteiger partial charge in [-0.3, -0.25) is 9.69 Å². The van der Waals surface area contributed by atoms with Crippen LogP contribution < -0.4 is 5.32 Å². The van der Waals surface area contributed by atoms with Crippen LogP contribution in [0.3, 0.4) is 0 Å². The predicted molar refractivity (Wildman–Crippen MR) is 94.0 cm³/mol. The van der Waals surface area contributed by atoms with Crippen LogP contribution in [0.4, 0.5) is 4.39 Å². The standard InChI is InChI=1S/C19H24FN3O2/c1-14-3-8-18(25-14)17(23-11-9-22(2)10-12-23)13-21-19(24)15-4-6-16(20)7-5-15/h3-8,17H,9-13H2,1-2H3,(H,21,24)/t17-/m0/s1. The van der Waals surface area contributed by atoms with Crippen molar-refractivity contribution < 1.29 is 13.6 Å². The Morgan fingerprint density at radius 3 is 2.44 bits per heavy atom. The van der Waals surface area contributed by atoms with Crippen molar-refractivity contribution in [3.8, 4) is 0 Å². The van der Waals surface area contributed by atoms with Crippen molar-refractivity contribution in [3.63, 3.8) is 0 Å². The van der Waals surface area contributed by atoms with E-state index in [1.54, 1.807) is 0 Å². The highest BCUT2D eigenvalue weighted by Crippen LogP contribution is 2.23. The number of carbonyl (C=O) groups excluding carboxylic acids is 1. The molecule has 134 valence electrons. The van der Waals surface area contributed by atoms with Gasteiger partial charge < -0.3 is 14.6 Å². The lowest BCUT2D eigenvalue weighted by Gasteiger charge is -2.37. The average Bonchev–Trinajstić information content (AvgIpc) is 3.03. The number of nitrogens with one attached hydrogen (secondary N) is 1. The monoisotopic (exact) mass is 345 g/mol. The largest absolute Gasteiger partial charge is 0.465 e. The van der Waals surface area contributed by atoms with Gasteiger partial charge in [-0.05, 0) is 50.4 Å². The molecule has 1 aliphatic rings. The number of benzene rings is 1. The van der Waals surface area contributed by atoms with Gasteiger partial charge in [0.15, 0.2) is 0 Å². The summed E-state index contributed by atoms with van der Waals surface area (Å²) in [7, 11) is 2.11. The molecular formula is C19H24FN3O2. The quantitative estimate of drug-likeness (QED) is 0.904. The molecule has 25 heavy (non-hydrogen) atoms. The summed E-state index contributed by atoms with van der Waals surface area (Å²) in [4.78, 5) is 17.0. The molecule has 1 aromatic heterocycles. The molecule has 1 aliphatic heterocycles. The van der Waals surface area contributed by atoms with Crippen LogP contribution in [-0.2, 0) is 0 Å². The summed E-state index contributed by atoms with van der Waals surface area (Å²) in [6.07, 6.45) is 0. The van der Waals surface area contributed by atoms with Crippen molar-refractivity contribution in [2.45, 2.75) is 13.0 Å². The first-order valence-corrected chi connectivity index (χ1v) is 8.55. The zero-order valence-electron chi connectivity index (χ0n) is 14.7. The summed E-state index contributed by atoms with van der Waals surface area (Å²) in [6.45, 7) is 6.19. The van der Waals surface area contributed by atoms with E-state index in [1.807, 2.05) is 19.1 Å². The fourth-order valence-electron chi connectivity index (χ4n) is 3.07. The van der Waals surface area contributed by atoms with Crippen LogP contribution in [0.15, 0.2) is 40.8 Å². The molecule has 1 amide bonds. The normalized spacial score (nSPS) is 17.4. The van der Waals surface area contributed by atoms with Crippen molar-refractivity contribution in [2.24, 2.45) is 0 Å². The second kappa shape index (κ2) is 7.80. The highest BCUT2D eigenvalue weighted by Gasteiger charge is 2.26. The fraction of sp³-hybridized carbons (Fsp3) is 0.421. The van der Waals surface area contributed by atoms with Crippen LogP contribution in [-0.4, -0.2) is 55.5 Å². The smallest absolute Gasteiger partial charge is 0.251 e. The van der Waals surface area contributed by atoms with E-state index in [1.165, 1.54) is 24.3 Å². The Balaban J connectivity index is 1.69. The molecule has 1 aromatic carbocycles. The number of likely N-dealkylation sites (N-methyl/N-ethyl adjacent to an activating group) is 1. The minimum absolute atomic E-state index is 0.00759. The Labute approximate surface area is 147 Å². The number of carbonyl (C=O) groups is 1. The summed E-state index contributed by atoms with van der Waals surface area (Å²) < 4.78 is 18.8. The van der Waals surface area contributed by atoms with Gasteiger partial charge in [-0.15, -0.1) is 0 Å². The van der Waals surface area contributed by atoms with Crippen LogP contribution in [0.2, 0.25) is 0 Å². The predicted octanol–water partition coefficient (Wildman–Crippen LogP) is 2.45. The van der Waals surface area contributed by atoms with Crippen LogP contribution in [0.1, 0.15) is 27.9 Å². The van der Waals surface area contributed by atoms with E-state index >= 15 is 0 Å². The third kappa shape index (κ3) is 4.46. The van der Waals surface area contributed by atoms with Gasteiger partial charge in [0, 0.05) is 38.3 Å². The molecule has 5 nitrogen and oxygen atoms in total. The van der Waals surface area contributed by atoms with E-state index in [9.17, 15) is 9.18 Å². The van der Waals surface area contributed by atoms with Gasteiger partial charge >= 0.3 is 0 Å². The number of nitrogens with zero attached hydrogens (tertiary/aromatic N) is 2. The van der Waals surface area contributed by atoms with E-state index in [2.05, 4.69) is 22.2 Å². The van der Waals surface area contributed by atoms with Gasteiger partial charge in [-0.2, -0.15) is 0 Å². The summed E-state index contributed by atoms with van der Waals surface area (Å²) in [6, 6.07) is 9.49. The number of piperazine rings is 1. The van der Waals surface area contributed by atoms with Gasteiger partial charge in [0.2, 0.25) is 0 Å². The van der Waals surface area contributed by atoms with Crippen LogP contribution in [0.25, 0.3) is 0 Å². The lowest BCUT2D eigenvalue weighted by Crippen LogP contribution is -2.48. The maximum Gasteiger partial charge on any atom is 0.251 e. The van der Waals surface area contributed by atoms with Gasteiger partial charge in [0.1, 0.15) is 17.3 Å². The maximum atomic E-state index is 13.0. The fourth-order valence-corrected chi connectivity index (χ4v) is 3.07.